The van der Waals surface area contributed by atoms with Crippen LogP contribution in [0.1, 0.15) is 24.5 Å². The molecule has 0 aliphatic carbocycles. The highest BCUT2D eigenvalue weighted by atomic mass is 35.5. The molecule has 0 radical (unpaired) electrons. The Kier molecular flexibility index (Phi) is 8.02. The number of nitrogens with one attached hydrogen (secondary N) is 1. The van der Waals surface area contributed by atoms with Gasteiger partial charge in [-0.05, 0) is 30.2 Å². The first-order valence-electron chi connectivity index (χ1n) is 6.49. The van der Waals surface area contributed by atoms with Crippen molar-refractivity contribution in [1.29, 1.82) is 0 Å². The molecule has 0 aliphatic heterocycles. The molecule has 1 amide bonds. The van der Waals surface area contributed by atoms with E-state index in [0.29, 0.717) is 6.42 Å². The number of carbonyl (C=O) groups excluding carboxylic acids is 1. The molecule has 0 spiro atoms. The van der Waals surface area contributed by atoms with Crippen LogP contribution in [-0.2, 0) is 27.4 Å². The molecule has 0 bridgehead atoms. The number of rotatable bonds is 6. The highest BCUT2D eigenvalue weighted by molar-refractivity contribution is 7.92. The summed E-state index contributed by atoms with van der Waals surface area (Å²) >= 11 is 0. The van der Waals surface area contributed by atoms with Crippen molar-refractivity contribution in [2.75, 3.05) is 16.8 Å². The molecule has 10 heteroatoms. The molecule has 3 N–H and O–H groups in total. The van der Waals surface area contributed by atoms with E-state index in [0.717, 1.165) is 12.1 Å². The molecule has 132 valence electrons. The van der Waals surface area contributed by atoms with Crippen molar-refractivity contribution in [3.63, 3.8) is 0 Å². The highest BCUT2D eigenvalue weighted by Crippen LogP contribution is 2.32. The molecule has 1 aromatic rings. The molecule has 0 saturated heterocycles. The fourth-order valence-corrected chi connectivity index (χ4v) is 3.06. The highest BCUT2D eigenvalue weighted by Gasteiger charge is 2.31. The van der Waals surface area contributed by atoms with Crippen LogP contribution in [0.2, 0.25) is 0 Å². The van der Waals surface area contributed by atoms with E-state index in [9.17, 15) is 26.4 Å². The maximum absolute atomic E-state index is 12.7. The van der Waals surface area contributed by atoms with Gasteiger partial charge >= 0.3 is 6.18 Å². The first kappa shape index (κ1) is 21.7. The van der Waals surface area contributed by atoms with Crippen molar-refractivity contribution in [3.05, 3.63) is 29.3 Å². The van der Waals surface area contributed by atoms with Gasteiger partial charge in [0.1, 0.15) is 5.75 Å². The summed E-state index contributed by atoms with van der Waals surface area (Å²) in [5.74, 6) is -1.80. The van der Waals surface area contributed by atoms with E-state index in [1.807, 2.05) is 0 Å². The minimum Gasteiger partial charge on any atom is -0.326 e. The van der Waals surface area contributed by atoms with Gasteiger partial charge in [0, 0.05) is 12.2 Å². The third-order valence-corrected chi connectivity index (χ3v) is 4.44. The second-order valence-electron chi connectivity index (χ2n) is 4.76. The number of anilines is 1. The van der Waals surface area contributed by atoms with Gasteiger partial charge in [0.2, 0.25) is 5.91 Å². The number of carbonyl (C=O) groups is 1. The molecule has 5 nitrogen and oxygen atoms in total. The van der Waals surface area contributed by atoms with E-state index in [2.05, 4.69) is 5.32 Å². The summed E-state index contributed by atoms with van der Waals surface area (Å²) in [7, 11) is -3.56. The monoisotopic (exact) mass is 374 g/mol. The number of hydrogen-bond donors (Lipinski definition) is 2. The lowest BCUT2D eigenvalue weighted by Gasteiger charge is -2.12. The Morgan fingerprint density at radius 2 is 1.87 bits per heavy atom. The van der Waals surface area contributed by atoms with Crippen LogP contribution >= 0.6 is 12.4 Å². The number of alkyl halides is 3. The van der Waals surface area contributed by atoms with E-state index in [4.69, 9.17) is 5.73 Å². The molecule has 1 aromatic carbocycles. The first-order chi connectivity index (χ1) is 10.1. The van der Waals surface area contributed by atoms with Gasteiger partial charge in [-0.15, -0.1) is 12.4 Å². The molecular weight excluding hydrogens is 357 g/mol. The number of halogens is 4. The Hall–Kier alpha value is -1.32. The molecule has 23 heavy (non-hydrogen) atoms. The van der Waals surface area contributed by atoms with Crippen LogP contribution in [0.5, 0.6) is 0 Å². The normalized spacial score (nSPS) is 11.7. The predicted octanol–water partition coefficient (Wildman–Crippen LogP) is 2.35. The number of hydrogen-bond acceptors (Lipinski definition) is 4. The van der Waals surface area contributed by atoms with Gasteiger partial charge in [0.05, 0.1) is 11.3 Å². The molecule has 0 atom stereocenters. The second kappa shape index (κ2) is 8.51. The Morgan fingerprint density at radius 3 is 2.35 bits per heavy atom. The number of nitrogens with two attached hydrogens (primary N) is 1. The van der Waals surface area contributed by atoms with Crippen LogP contribution in [0.25, 0.3) is 0 Å². The van der Waals surface area contributed by atoms with Crippen LogP contribution < -0.4 is 11.1 Å². The topological polar surface area (TPSA) is 89.3 Å². The maximum atomic E-state index is 12.7. The van der Waals surface area contributed by atoms with Gasteiger partial charge in [-0.2, -0.15) is 13.2 Å². The van der Waals surface area contributed by atoms with Gasteiger partial charge < -0.3 is 11.1 Å². The minimum atomic E-state index is -4.58. The lowest BCUT2D eigenvalue weighted by Crippen LogP contribution is -2.24. The Balaban J connectivity index is 0.00000484. The number of amides is 1. The van der Waals surface area contributed by atoms with Crippen LogP contribution in [0, 0.1) is 0 Å². The molecular formula is C13H18ClF3N2O3S. The first-order valence-corrected chi connectivity index (χ1v) is 8.31. The smallest absolute Gasteiger partial charge is 0.326 e. The Morgan fingerprint density at radius 1 is 1.26 bits per heavy atom. The lowest BCUT2D eigenvalue weighted by molar-refractivity contribution is -0.137. The molecule has 0 aliphatic rings. The summed E-state index contributed by atoms with van der Waals surface area (Å²) in [6.45, 7) is 1.51. The quantitative estimate of drug-likeness (QED) is 0.799. The Bertz CT molecular complexity index is 648. The van der Waals surface area contributed by atoms with E-state index in [1.165, 1.54) is 6.07 Å². The van der Waals surface area contributed by atoms with Crippen molar-refractivity contribution in [3.8, 4) is 0 Å². The molecule has 0 saturated carbocycles. The van der Waals surface area contributed by atoms with Crippen molar-refractivity contribution < 1.29 is 26.4 Å². The third-order valence-electron chi connectivity index (χ3n) is 2.71. The van der Waals surface area contributed by atoms with Crippen LogP contribution in [0.4, 0.5) is 18.9 Å². The number of sulfone groups is 1. The largest absolute Gasteiger partial charge is 0.416 e. The summed E-state index contributed by atoms with van der Waals surface area (Å²) < 4.78 is 61.3. The summed E-state index contributed by atoms with van der Waals surface area (Å²) in [6.07, 6.45) is -4.23. The van der Waals surface area contributed by atoms with Crippen molar-refractivity contribution in [1.82, 2.24) is 0 Å². The zero-order valence-corrected chi connectivity index (χ0v) is 13.9. The fourth-order valence-electron chi connectivity index (χ4n) is 1.83. The SMILES string of the molecule is CCCS(=O)(=O)CC(=O)Nc1cc(CN)cc(C(F)(F)F)c1.Cl. The molecule has 0 aromatic heterocycles. The summed E-state index contributed by atoms with van der Waals surface area (Å²) in [5.41, 5.74) is 4.42. The zero-order valence-electron chi connectivity index (χ0n) is 12.3. The average Bonchev–Trinajstić information content (AvgIpc) is 2.36. The molecule has 1 rings (SSSR count). The average molecular weight is 375 g/mol. The summed E-state index contributed by atoms with van der Waals surface area (Å²) in [6, 6.07) is 2.90. The maximum Gasteiger partial charge on any atom is 0.416 e. The van der Waals surface area contributed by atoms with Crippen LogP contribution in [0.15, 0.2) is 18.2 Å². The van der Waals surface area contributed by atoms with E-state index < -0.39 is 33.2 Å². The van der Waals surface area contributed by atoms with E-state index in [1.54, 1.807) is 6.92 Å². The molecule has 0 unspecified atom stereocenters. The van der Waals surface area contributed by atoms with Gasteiger partial charge in [-0.25, -0.2) is 8.42 Å². The van der Waals surface area contributed by atoms with E-state index >= 15 is 0 Å². The van der Waals surface area contributed by atoms with Gasteiger partial charge in [0.15, 0.2) is 9.84 Å². The molecule has 0 heterocycles. The Labute approximate surface area is 138 Å². The van der Waals surface area contributed by atoms with Gasteiger partial charge in [-0.3, -0.25) is 4.79 Å². The van der Waals surface area contributed by atoms with E-state index in [-0.39, 0.29) is 36.0 Å². The predicted molar refractivity (Wildman–Crippen MR) is 84.2 cm³/mol. The lowest BCUT2D eigenvalue weighted by atomic mass is 10.1. The third kappa shape index (κ3) is 7.19. The van der Waals surface area contributed by atoms with Crippen molar-refractivity contribution >= 4 is 33.8 Å². The molecule has 0 fully saturated rings. The minimum absolute atomic E-state index is 0. The standard InChI is InChI=1S/C13H17F3N2O3S.ClH/c1-2-3-22(20,21)8-12(19)18-11-5-9(7-17)4-10(6-11)13(14,15)16;/h4-6H,2-3,7-8,17H2,1H3,(H,18,19);1H. The van der Waals surface area contributed by atoms with Crippen molar-refractivity contribution in [2.45, 2.75) is 26.1 Å². The van der Waals surface area contributed by atoms with Crippen LogP contribution in [0.3, 0.4) is 0 Å². The zero-order chi connectivity index (χ0) is 17.0. The second-order valence-corrected chi connectivity index (χ2v) is 6.94. The van der Waals surface area contributed by atoms with Crippen LogP contribution in [-0.4, -0.2) is 25.8 Å². The summed E-state index contributed by atoms with van der Waals surface area (Å²) in [4.78, 5) is 11.7. The number of benzene rings is 1. The van der Waals surface area contributed by atoms with Crippen molar-refractivity contribution in [2.24, 2.45) is 5.73 Å². The summed E-state index contributed by atoms with van der Waals surface area (Å²) in [5, 5.41) is 2.17. The van der Waals surface area contributed by atoms with Gasteiger partial charge in [0.25, 0.3) is 0 Å². The fraction of sp³-hybridized carbons (Fsp3) is 0.462. The van der Waals surface area contributed by atoms with Gasteiger partial charge in [-0.1, -0.05) is 6.92 Å².